The molecule has 1 aromatic carbocycles. The molecule has 0 aromatic heterocycles. The zero-order valence-corrected chi connectivity index (χ0v) is 11.9. The van der Waals surface area contributed by atoms with Gasteiger partial charge in [-0.05, 0) is 30.5 Å². The van der Waals surface area contributed by atoms with Gasteiger partial charge < -0.3 is 4.74 Å². The molecule has 0 radical (unpaired) electrons. The number of nitriles is 1. The Labute approximate surface area is 114 Å². The maximum atomic E-state index is 11.7. The van der Waals surface area contributed by atoms with E-state index in [1.165, 1.54) is 0 Å². The third kappa shape index (κ3) is 4.54. The van der Waals surface area contributed by atoms with Gasteiger partial charge in [-0.3, -0.25) is 0 Å². The summed E-state index contributed by atoms with van der Waals surface area (Å²) < 4.78 is 31.0. The maximum absolute atomic E-state index is 11.7. The summed E-state index contributed by atoms with van der Waals surface area (Å²) in [7, 11) is -1.97. The number of rotatable bonds is 7. The van der Waals surface area contributed by atoms with E-state index < -0.39 is 15.3 Å². The highest BCUT2D eigenvalue weighted by Gasteiger charge is 2.22. The molecule has 0 bridgehead atoms. The predicted molar refractivity (Wildman–Crippen MR) is 73.3 cm³/mol. The minimum Gasteiger partial charge on any atom is -0.497 e. The standard InChI is InChI=1S/C13H18N2O3S/c1-3-13(10-14)19(16,17)15-8-7-11-5-4-6-12(9-11)18-2/h4-6,9,13,15H,3,7-8H2,1-2H3. The van der Waals surface area contributed by atoms with Crippen LogP contribution >= 0.6 is 0 Å². The van der Waals surface area contributed by atoms with E-state index in [2.05, 4.69) is 4.72 Å². The molecule has 0 amide bonds. The lowest BCUT2D eigenvalue weighted by Gasteiger charge is -2.10. The number of ether oxygens (including phenoxy) is 1. The third-order valence-electron chi connectivity index (χ3n) is 2.74. The van der Waals surface area contributed by atoms with Gasteiger partial charge in [-0.1, -0.05) is 19.1 Å². The molecule has 1 unspecified atom stereocenters. The van der Waals surface area contributed by atoms with Crippen LogP contribution in [0.4, 0.5) is 0 Å². The summed E-state index contributed by atoms with van der Waals surface area (Å²) in [4.78, 5) is 0. The number of sulfonamides is 1. The molecule has 0 aliphatic rings. The molecule has 1 atom stereocenters. The number of hydrogen-bond donors (Lipinski definition) is 1. The molecule has 1 rings (SSSR count). The summed E-state index contributed by atoms with van der Waals surface area (Å²) in [5.74, 6) is 0.740. The molecule has 6 heteroatoms. The molecule has 0 saturated carbocycles. The van der Waals surface area contributed by atoms with E-state index in [9.17, 15) is 8.42 Å². The highest BCUT2D eigenvalue weighted by atomic mass is 32.2. The van der Waals surface area contributed by atoms with Gasteiger partial charge in [0.15, 0.2) is 5.25 Å². The van der Waals surface area contributed by atoms with Gasteiger partial charge in [0.05, 0.1) is 13.2 Å². The largest absolute Gasteiger partial charge is 0.497 e. The molecule has 5 nitrogen and oxygen atoms in total. The van der Waals surface area contributed by atoms with E-state index in [1.807, 2.05) is 24.3 Å². The maximum Gasteiger partial charge on any atom is 0.227 e. The third-order valence-corrected chi connectivity index (χ3v) is 4.53. The van der Waals surface area contributed by atoms with Crippen molar-refractivity contribution < 1.29 is 13.2 Å². The first-order valence-corrected chi connectivity index (χ1v) is 7.59. The second-order valence-electron chi connectivity index (χ2n) is 4.07. The monoisotopic (exact) mass is 282 g/mol. The fraction of sp³-hybridized carbons (Fsp3) is 0.462. The van der Waals surface area contributed by atoms with Crippen molar-refractivity contribution in [2.75, 3.05) is 13.7 Å². The lowest BCUT2D eigenvalue weighted by Crippen LogP contribution is -2.34. The van der Waals surface area contributed by atoms with Crippen molar-refractivity contribution >= 4 is 10.0 Å². The Balaban J connectivity index is 2.57. The number of methoxy groups -OCH3 is 1. The van der Waals surface area contributed by atoms with Gasteiger partial charge in [-0.15, -0.1) is 0 Å². The summed E-state index contributed by atoms with van der Waals surface area (Å²) in [5, 5.41) is 7.77. The highest BCUT2D eigenvalue weighted by molar-refractivity contribution is 7.90. The first-order valence-electron chi connectivity index (χ1n) is 6.04. The van der Waals surface area contributed by atoms with E-state index in [0.29, 0.717) is 6.42 Å². The molecule has 1 aromatic rings. The quantitative estimate of drug-likeness (QED) is 0.821. The summed E-state index contributed by atoms with van der Waals surface area (Å²) >= 11 is 0. The fourth-order valence-corrected chi connectivity index (χ4v) is 2.81. The van der Waals surface area contributed by atoms with E-state index in [1.54, 1.807) is 20.1 Å². The van der Waals surface area contributed by atoms with Gasteiger partial charge in [0.25, 0.3) is 0 Å². The van der Waals surface area contributed by atoms with Crippen molar-refractivity contribution in [2.24, 2.45) is 0 Å². The van der Waals surface area contributed by atoms with Gasteiger partial charge >= 0.3 is 0 Å². The number of hydrogen-bond acceptors (Lipinski definition) is 4. The zero-order chi connectivity index (χ0) is 14.3. The van der Waals surface area contributed by atoms with Crippen LogP contribution in [0, 0.1) is 11.3 Å². The van der Waals surface area contributed by atoms with Crippen molar-refractivity contribution in [3.8, 4) is 11.8 Å². The van der Waals surface area contributed by atoms with Crippen LogP contribution in [0.2, 0.25) is 0 Å². The van der Waals surface area contributed by atoms with Crippen molar-refractivity contribution in [2.45, 2.75) is 25.0 Å². The number of benzene rings is 1. The topological polar surface area (TPSA) is 79.2 Å². The average molecular weight is 282 g/mol. The highest BCUT2D eigenvalue weighted by Crippen LogP contribution is 2.12. The normalized spacial score (nSPS) is 12.7. The summed E-state index contributed by atoms with van der Waals surface area (Å²) in [5.41, 5.74) is 0.979. The summed E-state index contributed by atoms with van der Waals surface area (Å²) in [6, 6.07) is 9.23. The Kier molecular flexibility index (Phi) is 5.80. The molecule has 104 valence electrons. The van der Waals surface area contributed by atoms with Crippen LogP contribution in [0.15, 0.2) is 24.3 Å². The van der Waals surface area contributed by atoms with E-state index >= 15 is 0 Å². The lowest BCUT2D eigenvalue weighted by atomic mass is 10.1. The Bertz CT molecular complexity index is 549. The molecule has 0 heterocycles. The van der Waals surface area contributed by atoms with Crippen LogP contribution in [0.1, 0.15) is 18.9 Å². The molecule has 0 aliphatic carbocycles. The lowest BCUT2D eigenvalue weighted by molar-refractivity contribution is 0.414. The van der Waals surface area contributed by atoms with Crippen LogP contribution < -0.4 is 9.46 Å². The first kappa shape index (κ1) is 15.5. The predicted octanol–water partition coefficient (Wildman–Crippen LogP) is 1.46. The SMILES string of the molecule is CCC(C#N)S(=O)(=O)NCCc1cccc(OC)c1. The summed E-state index contributed by atoms with van der Waals surface area (Å²) in [6.45, 7) is 1.95. The van der Waals surface area contributed by atoms with Crippen molar-refractivity contribution in [1.29, 1.82) is 5.26 Å². The molecule has 0 fully saturated rings. The van der Waals surface area contributed by atoms with E-state index in [4.69, 9.17) is 10.00 Å². The van der Waals surface area contributed by atoms with Crippen LogP contribution in [0.25, 0.3) is 0 Å². The molecule has 0 spiro atoms. The Morgan fingerprint density at radius 2 is 2.21 bits per heavy atom. The Morgan fingerprint density at radius 1 is 1.47 bits per heavy atom. The fourth-order valence-electron chi connectivity index (χ4n) is 1.65. The van der Waals surface area contributed by atoms with Crippen LogP contribution in [0.3, 0.4) is 0 Å². The molecular formula is C13H18N2O3S. The molecule has 0 saturated heterocycles. The van der Waals surface area contributed by atoms with Gasteiger partial charge in [0.2, 0.25) is 10.0 Å². The summed E-state index contributed by atoms with van der Waals surface area (Å²) in [6.07, 6.45) is 0.837. The first-order chi connectivity index (χ1) is 9.03. The molecular weight excluding hydrogens is 264 g/mol. The van der Waals surface area contributed by atoms with Crippen LogP contribution in [-0.4, -0.2) is 27.3 Å². The van der Waals surface area contributed by atoms with Crippen molar-refractivity contribution in [3.63, 3.8) is 0 Å². The number of nitrogens with one attached hydrogen (secondary N) is 1. The molecule has 0 aliphatic heterocycles. The second-order valence-corrected chi connectivity index (χ2v) is 6.01. The average Bonchev–Trinajstić information content (AvgIpc) is 2.40. The van der Waals surface area contributed by atoms with Gasteiger partial charge in [0.1, 0.15) is 5.75 Å². The molecule has 19 heavy (non-hydrogen) atoms. The molecule has 1 N–H and O–H groups in total. The van der Waals surface area contributed by atoms with E-state index in [-0.39, 0.29) is 13.0 Å². The Morgan fingerprint density at radius 3 is 2.79 bits per heavy atom. The zero-order valence-electron chi connectivity index (χ0n) is 11.1. The van der Waals surface area contributed by atoms with Crippen LogP contribution in [0.5, 0.6) is 5.75 Å². The van der Waals surface area contributed by atoms with Crippen molar-refractivity contribution in [1.82, 2.24) is 4.72 Å². The minimum absolute atomic E-state index is 0.272. The minimum atomic E-state index is -3.55. The van der Waals surface area contributed by atoms with Gasteiger partial charge in [0, 0.05) is 6.54 Å². The van der Waals surface area contributed by atoms with E-state index in [0.717, 1.165) is 11.3 Å². The second kappa shape index (κ2) is 7.12. The number of nitrogens with zero attached hydrogens (tertiary/aromatic N) is 1. The Hall–Kier alpha value is -1.58. The van der Waals surface area contributed by atoms with Gasteiger partial charge in [-0.25, -0.2) is 13.1 Å². The smallest absolute Gasteiger partial charge is 0.227 e. The van der Waals surface area contributed by atoms with Crippen molar-refractivity contribution in [3.05, 3.63) is 29.8 Å². The van der Waals surface area contributed by atoms with Gasteiger partial charge in [-0.2, -0.15) is 5.26 Å². The van der Waals surface area contributed by atoms with Crippen LogP contribution in [-0.2, 0) is 16.4 Å².